The van der Waals surface area contributed by atoms with Gasteiger partial charge in [0.05, 0.1) is 33.1 Å². The summed E-state index contributed by atoms with van der Waals surface area (Å²) in [4.78, 5) is 28.0. The van der Waals surface area contributed by atoms with Crippen LogP contribution in [0.2, 0.25) is 10.0 Å². The van der Waals surface area contributed by atoms with Gasteiger partial charge in [0.2, 0.25) is 0 Å². The molecule has 0 unspecified atom stereocenters. The second kappa shape index (κ2) is 8.24. The molecule has 0 aliphatic carbocycles. The molecule has 0 amide bonds. The lowest BCUT2D eigenvalue weighted by Gasteiger charge is -2.09. The van der Waals surface area contributed by atoms with Crippen LogP contribution in [0.4, 0.5) is 0 Å². The Balaban J connectivity index is 1.62. The van der Waals surface area contributed by atoms with Crippen LogP contribution in [-0.2, 0) is 13.0 Å². The molecule has 0 saturated carbocycles. The maximum absolute atomic E-state index is 13.7. The average Bonchev–Trinajstić information content (AvgIpc) is 3.18. The Morgan fingerprint density at radius 1 is 0.794 bits per heavy atom. The number of benzene rings is 3. The Hall–Kier alpha value is -3.74. The van der Waals surface area contributed by atoms with Gasteiger partial charge in [-0.25, -0.2) is 15.0 Å². The summed E-state index contributed by atoms with van der Waals surface area (Å²) in [6.07, 6.45) is 2.30. The van der Waals surface area contributed by atoms with Crippen molar-refractivity contribution in [2.45, 2.75) is 13.0 Å². The van der Waals surface area contributed by atoms with Crippen molar-refractivity contribution in [2.75, 3.05) is 0 Å². The molecule has 0 aliphatic rings. The lowest BCUT2D eigenvalue weighted by atomic mass is 10.1. The van der Waals surface area contributed by atoms with Gasteiger partial charge in [-0.3, -0.25) is 13.9 Å². The topological polar surface area (TPSA) is 65.6 Å². The van der Waals surface area contributed by atoms with Crippen molar-refractivity contribution in [1.29, 1.82) is 0 Å². The molecular formula is C26H17Cl2N5O. The minimum atomic E-state index is -0.158. The number of aromatic nitrogens is 5. The molecule has 0 spiro atoms. The summed E-state index contributed by atoms with van der Waals surface area (Å²) in [6.45, 7) is 0.506. The Bertz CT molecular complexity index is 1760. The van der Waals surface area contributed by atoms with Crippen LogP contribution >= 0.6 is 23.2 Å². The number of nitrogens with zero attached hydrogens (tertiary/aromatic N) is 5. The van der Waals surface area contributed by atoms with E-state index in [-0.39, 0.29) is 5.56 Å². The molecule has 6 nitrogen and oxygen atoms in total. The number of fused-ring (bicyclic) bond motifs is 4. The van der Waals surface area contributed by atoms with Gasteiger partial charge in [0.25, 0.3) is 5.56 Å². The highest BCUT2D eigenvalue weighted by molar-refractivity contribution is 6.42. The van der Waals surface area contributed by atoms with Crippen LogP contribution < -0.4 is 5.56 Å². The molecule has 0 fully saturated rings. The summed E-state index contributed by atoms with van der Waals surface area (Å²) >= 11 is 12.5. The molecule has 8 heteroatoms. The molecule has 0 saturated heterocycles. The van der Waals surface area contributed by atoms with Crippen LogP contribution in [0.3, 0.4) is 0 Å². The summed E-state index contributed by atoms with van der Waals surface area (Å²) in [7, 11) is 0. The summed E-state index contributed by atoms with van der Waals surface area (Å²) in [5.41, 5.74) is 4.65. The largest absolute Gasteiger partial charge is 0.298 e. The second-order valence-electron chi connectivity index (χ2n) is 8.00. The zero-order valence-electron chi connectivity index (χ0n) is 17.8. The van der Waals surface area contributed by atoms with Crippen LogP contribution in [0.15, 0.2) is 83.9 Å². The van der Waals surface area contributed by atoms with Crippen molar-refractivity contribution in [3.05, 3.63) is 105 Å². The van der Waals surface area contributed by atoms with Gasteiger partial charge in [-0.15, -0.1) is 0 Å². The standard InChI is InChI=1S/C26H17Cl2N5O/c27-18-11-10-17(14-19(18)28)33-24-22(23-25(33)31-21-9-5-4-8-20(21)30-23)26(34)32(15-29-24)13-12-16-6-2-1-3-7-16/h1-11,14-15H,12-13H2. The van der Waals surface area contributed by atoms with E-state index in [0.717, 1.165) is 11.1 Å². The van der Waals surface area contributed by atoms with Gasteiger partial charge in [0, 0.05) is 6.54 Å². The molecule has 0 atom stereocenters. The van der Waals surface area contributed by atoms with E-state index in [4.69, 9.17) is 33.2 Å². The normalized spacial score (nSPS) is 11.6. The summed E-state index contributed by atoms with van der Waals surface area (Å²) in [6, 6.07) is 22.9. The van der Waals surface area contributed by atoms with Gasteiger partial charge in [-0.1, -0.05) is 65.7 Å². The van der Waals surface area contributed by atoms with Gasteiger partial charge in [0.1, 0.15) is 10.9 Å². The fourth-order valence-electron chi connectivity index (χ4n) is 4.19. The third-order valence-corrected chi connectivity index (χ3v) is 6.61. The van der Waals surface area contributed by atoms with Crippen molar-refractivity contribution in [3.63, 3.8) is 0 Å². The summed E-state index contributed by atoms with van der Waals surface area (Å²) in [5, 5.41) is 1.27. The van der Waals surface area contributed by atoms with Gasteiger partial charge in [0.15, 0.2) is 11.3 Å². The smallest absolute Gasteiger partial charge is 0.265 e. The van der Waals surface area contributed by atoms with E-state index in [1.54, 1.807) is 23.0 Å². The number of hydrogen-bond acceptors (Lipinski definition) is 4. The minimum Gasteiger partial charge on any atom is -0.298 e. The van der Waals surface area contributed by atoms with Crippen LogP contribution in [0.1, 0.15) is 5.56 Å². The molecular weight excluding hydrogens is 469 g/mol. The van der Waals surface area contributed by atoms with E-state index in [1.165, 1.54) is 0 Å². The highest BCUT2D eigenvalue weighted by atomic mass is 35.5. The molecule has 166 valence electrons. The molecule has 3 aromatic carbocycles. The van der Waals surface area contributed by atoms with E-state index in [0.29, 0.717) is 56.4 Å². The Kier molecular flexibility index (Phi) is 5.05. The van der Waals surface area contributed by atoms with E-state index >= 15 is 0 Å². The fourth-order valence-corrected chi connectivity index (χ4v) is 4.49. The molecule has 0 bridgehead atoms. The van der Waals surface area contributed by atoms with Gasteiger partial charge in [-0.05, 0) is 42.3 Å². The third-order valence-electron chi connectivity index (χ3n) is 5.88. The predicted octanol–water partition coefficient (Wildman–Crippen LogP) is 5.83. The van der Waals surface area contributed by atoms with Crippen molar-refractivity contribution < 1.29 is 0 Å². The van der Waals surface area contributed by atoms with Crippen LogP contribution in [-0.4, -0.2) is 24.1 Å². The van der Waals surface area contributed by atoms with Crippen molar-refractivity contribution in [2.24, 2.45) is 0 Å². The maximum atomic E-state index is 13.7. The molecule has 3 aromatic heterocycles. The number of halogens is 2. The van der Waals surface area contributed by atoms with Crippen LogP contribution in [0.5, 0.6) is 0 Å². The Morgan fingerprint density at radius 2 is 1.53 bits per heavy atom. The third kappa shape index (κ3) is 3.43. The lowest BCUT2D eigenvalue weighted by Crippen LogP contribution is -2.21. The highest BCUT2D eigenvalue weighted by Crippen LogP contribution is 2.31. The molecule has 6 rings (SSSR count). The summed E-state index contributed by atoms with van der Waals surface area (Å²) in [5.74, 6) is 0. The maximum Gasteiger partial charge on any atom is 0.265 e. The van der Waals surface area contributed by atoms with E-state index in [1.807, 2.05) is 65.2 Å². The van der Waals surface area contributed by atoms with Gasteiger partial charge < -0.3 is 0 Å². The number of para-hydroxylation sites is 2. The zero-order chi connectivity index (χ0) is 23.2. The first kappa shape index (κ1) is 20.8. The number of rotatable bonds is 4. The molecule has 34 heavy (non-hydrogen) atoms. The van der Waals surface area contributed by atoms with Crippen molar-refractivity contribution in [1.82, 2.24) is 24.1 Å². The number of hydrogen-bond donors (Lipinski definition) is 0. The first-order valence-corrected chi connectivity index (χ1v) is 11.5. The van der Waals surface area contributed by atoms with Crippen LogP contribution in [0.25, 0.3) is 38.9 Å². The minimum absolute atomic E-state index is 0.158. The van der Waals surface area contributed by atoms with E-state index in [2.05, 4.69) is 4.98 Å². The molecule has 0 N–H and O–H groups in total. The monoisotopic (exact) mass is 485 g/mol. The molecule has 3 heterocycles. The van der Waals surface area contributed by atoms with Crippen molar-refractivity contribution >= 4 is 56.4 Å². The molecule has 0 radical (unpaired) electrons. The Labute approximate surface area is 204 Å². The van der Waals surface area contributed by atoms with Crippen molar-refractivity contribution in [3.8, 4) is 5.69 Å². The predicted molar refractivity (Wildman–Crippen MR) is 136 cm³/mol. The van der Waals surface area contributed by atoms with Gasteiger partial charge in [-0.2, -0.15) is 0 Å². The average molecular weight is 486 g/mol. The first-order valence-electron chi connectivity index (χ1n) is 10.8. The van der Waals surface area contributed by atoms with E-state index in [9.17, 15) is 4.79 Å². The quantitative estimate of drug-likeness (QED) is 0.314. The lowest BCUT2D eigenvalue weighted by molar-refractivity contribution is 0.662. The Morgan fingerprint density at radius 3 is 2.29 bits per heavy atom. The fraction of sp³-hybridized carbons (Fsp3) is 0.0769. The summed E-state index contributed by atoms with van der Waals surface area (Å²) < 4.78 is 3.44. The van der Waals surface area contributed by atoms with Crippen LogP contribution in [0, 0.1) is 0 Å². The van der Waals surface area contributed by atoms with Gasteiger partial charge >= 0.3 is 0 Å². The van der Waals surface area contributed by atoms with E-state index < -0.39 is 0 Å². The number of aryl methyl sites for hydroxylation is 2. The first-order chi connectivity index (χ1) is 16.6. The second-order valence-corrected chi connectivity index (χ2v) is 8.81. The SMILES string of the molecule is O=c1c2c3nc4ccccc4nc3n(-c3ccc(Cl)c(Cl)c3)c2ncn1CCc1ccccc1. The molecule has 0 aliphatic heterocycles. The highest BCUT2D eigenvalue weighted by Gasteiger charge is 2.21. The molecule has 6 aromatic rings. The zero-order valence-corrected chi connectivity index (χ0v) is 19.3.